The summed E-state index contributed by atoms with van der Waals surface area (Å²) in [4.78, 5) is 10.4. The van der Waals surface area contributed by atoms with Gasteiger partial charge in [0.2, 0.25) is 0 Å². The molecule has 4 heteroatoms. The Morgan fingerprint density at radius 3 is 2.54 bits per heavy atom. The molecule has 1 fully saturated rings. The summed E-state index contributed by atoms with van der Waals surface area (Å²) >= 11 is 0. The molecule has 74 valence electrons. The molecule has 0 bridgehead atoms. The Morgan fingerprint density at radius 2 is 2.00 bits per heavy atom. The monoisotopic (exact) mass is 184 g/mol. The molecule has 1 saturated heterocycles. The van der Waals surface area contributed by atoms with E-state index in [1.165, 1.54) is 19.3 Å². The van der Waals surface area contributed by atoms with Gasteiger partial charge in [-0.05, 0) is 12.8 Å². The third-order valence-electron chi connectivity index (χ3n) is 2.17. The summed E-state index contributed by atoms with van der Waals surface area (Å²) < 4.78 is 0. The normalized spacial score (nSPS) is 18.5. The van der Waals surface area contributed by atoms with Gasteiger partial charge in [0.25, 0.3) is 0 Å². The van der Waals surface area contributed by atoms with E-state index in [0.29, 0.717) is 6.54 Å². The van der Waals surface area contributed by atoms with Crippen molar-refractivity contribution in [3.05, 3.63) is 12.2 Å². The van der Waals surface area contributed by atoms with E-state index in [1.54, 1.807) is 0 Å². The molecule has 0 aromatic rings. The van der Waals surface area contributed by atoms with E-state index in [9.17, 15) is 4.79 Å². The number of hydrazine groups is 1. The lowest BCUT2D eigenvalue weighted by Crippen LogP contribution is -2.42. The van der Waals surface area contributed by atoms with Crippen LogP contribution in [0, 0.1) is 0 Å². The smallest absolute Gasteiger partial charge is 0.332 e. The zero-order valence-electron chi connectivity index (χ0n) is 7.75. The number of hydrogen-bond acceptors (Lipinski definition) is 3. The molecule has 2 N–H and O–H groups in total. The van der Waals surface area contributed by atoms with Crippen LogP contribution in [0.1, 0.15) is 19.3 Å². The topological polar surface area (TPSA) is 52.6 Å². The van der Waals surface area contributed by atoms with Crippen LogP contribution in [0.25, 0.3) is 0 Å². The predicted molar refractivity (Wildman–Crippen MR) is 50.2 cm³/mol. The van der Waals surface area contributed by atoms with E-state index < -0.39 is 5.97 Å². The lowest BCUT2D eigenvalue weighted by molar-refractivity contribution is -0.132. The minimum atomic E-state index is -0.926. The summed E-state index contributed by atoms with van der Waals surface area (Å²) in [6.45, 7) is 5.81. The Labute approximate surface area is 78.2 Å². The Morgan fingerprint density at radius 1 is 1.38 bits per heavy atom. The molecule has 13 heavy (non-hydrogen) atoms. The van der Waals surface area contributed by atoms with Crippen LogP contribution >= 0.6 is 0 Å². The first-order valence-corrected chi connectivity index (χ1v) is 4.59. The van der Waals surface area contributed by atoms with Crippen LogP contribution in [0.5, 0.6) is 0 Å². The van der Waals surface area contributed by atoms with Gasteiger partial charge in [-0.2, -0.15) is 0 Å². The second kappa shape index (κ2) is 4.99. The van der Waals surface area contributed by atoms with E-state index in [1.807, 2.05) is 0 Å². The van der Waals surface area contributed by atoms with Crippen LogP contribution in [-0.2, 0) is 4.79 Å². The average molecular weight is 184 g/mol. The molecule has 1 heterocycles. The van der Waals surface area contributed by atoms with Gasteiger partial charge in [-0.1, -0.05) is 13.0 Å². The maximum Gasteiger partial charge on any atom is 0.332 e. The lowest BCUT2D eigenvalue weighted by atomic mass is 10.2. The molecule has 0 aliphatic carbocycles. The van der Waals surface area contributed by atoms with Crippen LogP contribution in [0.15, 0.2) is 12.2 Å². The van der Waals surface area contributed by atoms with Crippen LogP contribution in [0.3, 0.4) is 0 Å². The minimum Gasteiger partial charge on any atom is -0.478 e. The number of carboxylic acid groups (broad SMARTS) is 1. The summed E-state index contributed by atoms with van der Waals surface area (Å²) in [6, 6.07) is 0. The number of hydrogen-bond donors (Lipinski definition) is 2. The maximum atomic E-state index is 10.4. The van der Waals surface area contributed by atoms with E-state index >= 15 is 0 Å². The number of nitrogens with one attached hydrogen (secondary N) is 1. The molecule has 0 saturated carbocycles. The largest absolute Gasteiger partial charge is 0.478 e. The van der Waals surface area contributed by atoms with Crippen molar-refractivity contribution in [1.29, 1.82) is 0 Å². The fraction of sp³-hybridized carbons (Fsp3) is 0.667. The maximum absolute atomic E-state index is 10.4. The number of aliphatic carboxylic acids is 1. The first-order chi connectivity index (χ1) is 6.20. The summed E-state index contributed by atoms with van der Waals surface area (Å²) in [5.41, 5.74) is 3.27. The second-order valence-corrected chi connectivity index (χ2v) is 3.29. The summed E-state index contributed by atoms with van der Waals surface area (Å²) in [5.74, 6) is -0.926. The Bertz CT molecular complexity index is 198. The molecule has 0 unspecified atom stereocenters. The Balaban J connectivity index is 2.17. The van der Waals surface area contributed by atoms with Crippen LogP contribution in [0.4, 0.5) is 0 Å². The first-order valence-electron chi connectivity index (χ1n) is 4.59. The molecule has 4 nitrogen and oxygen atoms in total. The van der Waals surface area contributed by atoms with Crippen molar-refractivity contribution >= 4 is 5.97 Å². The molecule has 1 aliphatic rings. The second-order valence-electron chi connectivity index (χ2n) is 3.29. The van der Waals surface area contributed by atoms with Gasteiger partial charge in [0, 0.05) is 25.2 Å². The highest BCUT2D eigenvalue weighted by Crippen LogP contribution is 2.05. The fourth-order valence-corrected chi connectivity index (χ4v) is 1.33. The number of rotatable bonds is 4. The summed E-state index contributed by atoms with van der Waals surface area (Å²) in [6.07, 6.45) is 3.65. The quantitative estimate of drug-likeness (QED) is 0.629. The summed E-state index contributed by atoms with van der Waals surface area (Å²) in [7, 11) is 0. The van der Waals surface area contributed by atoms with Crippen LogP contribution in [-0.4, -0.2) is 35.7 Å². The van der Waals surface area contributed by atoms with Gasteiger partial charge >= 0.3 is 5.97 Å². The fourth-order valence-electron chi connectivity index (χ4n) is 1.33. The zero-order valence-corrected chi connectivity index (χ0v) is 7.75. The Hall–Kier alpha value is -0.870. The third kappa shape index (κ3) is 3.57. The van der Waals surface area contributed by atoms with Crippen molar-refractivity contribution in [1.82, 2.24) is 10.4 Å². The predicted octanol–water partition coefficient (Wildman–Crippen LogP) is 0.618. The van der Waals surface area contributed by atoms with Gasteiger partial charge in [-0.25, -0.2) is 9.80 Å². The van der Waals surface area contributed by atoms with Gasteiger partial charge in [0.1, 0.15) is 0 Å². The van der Waals surface area contributed by atoms with Gasteiger partial charge < -0.3 is 5.11 Å². The molecular weight excluding hydrogens is 168 g/mol. The van der Waals surface area contributed by atoms with E-state index in [-0.39, 0.29) is 5.57 Å². The van der Waals surface area contributed by atoms with Gasteiger partial charge in [-0.3, -0.25) is 5.43 Å². The van der Waals surface area contributed by atoms with E-state index in [4.69, 9.17) is 5.11 Å². The number of nitrogens with zero attached hydrogens (tertiary/aromatic N) is 1. The standard InChI is InChI=1S/C9H16N2O2/c1-8(9(12)13)7-10-11-5-3-2-4-6-11/h10H,1-7H2,(H,12,13). The van der Waals surface area contributed by atoms with Crippen LogP contribution < -0.4 is 5.43 Å². The molecule has 0 atom stereocenters. The SMILES string of the molecule is C=C(CNN1CCCCC1)C(=O)O. The third-order valence-corrected chi connectivity index (χ3v) is 2.17. The van der Waals surface area contributed by atoms with Gasteiger partial charge in [-0.15, -0.1) is 0 Å². The first kappa shape index (κ1) is 10.2. The van der Waals surface area contributed by atoms with Crippen molar-refractivity contribution in [2.75, 3.05) is 19.6 Å². The molecule has 1 aliphatic heterocycles. The van der Waals surface area contributed by atoms with Crippen LogP contribution in [0.2, 0.25) is 0 Å². The minimum absolute atomic E-state index is 0.213. The average Bonchev–Trinajstić information content (AvgIpc) is 2.15. The number of carboxylic acids is 1. The highest BCUT2D eigenvalue weighted by Gasteiger charge is 2.10. The number of carbonyl (C=O) groups is 1. The number of piperidine rings is 1. The molecule has 0 aromatic heterocycles. The van der Waals surface area contributed by atoms with Gasteiger partial charge in [0.15, 0.2) is 0 Å². The highest BCUT2D eigenvalue weighted by atomic mass is 16.4. The molecule has 0 amide bonds. The van der Waals surface area contributed by atoms with Crippen molar-refractivity contribution in [2.45, 2.75) is 19.3 Å². The zero-order chi connectivity index (χ0) is 9.68. The summed E-state index contributed by atoms with van der Waals surface area (Å²) in [5, 5.41) is 10.6. The van der Waals surface area contributed by atoms with Crippen molar-refractivity contribution < 1.29 is 9.90 Å². The molecule has 0 radical (unpaired) electrons. The van der Waals surface area contributed by atoms with Crippen molar-refractivity contribution in [3.8, 4) is 0 Å². The molecular formula is C9H16N2O2. The Kier molecular flexibility index (Phi) is 3.92. The molecule has 0 spiro atoms. The highest BCUT2D eigenvalue weighted by molar-refractivity contribution is 5.86. The molecule has 0 aromatic carbocycles. The lowest BCUT2D eigenvalue weighted by Gasteiger charge is -2.26. The van der Waals surface area contributed by atoms with Gasteiger partial charge in [0.05, 0.1) is 0 Å². The van der Waals surface area contributed by atoms with Crippen molar-refractivity contribution in [3.63, 3.8) is 0 Å². The molecule has 1 rings (SSSR count). The van der Waals surface area contributed by atoms with Crippen molar-refractivity contribution in [2.24, 2.45) is 0 Å². The van der Waals surface area contributed by atoms with E-state index in [2.05, 4.69) is 17.0 Å². The van der Waals surface area contributed by atoms with E-state index in [0.717, 1.165) is 13.1 Å².